The third kappa shape index (κ3) is 9.11. The van der Waals surface area contributed by atoms with Gasteiger partial charge in [0.05, 0.1) is 25.4 Å². The molecule has 0 bridgehead atoms. The molecule has 184 valence electrons. The lowest BCUT2D eigenvalue weighted by molar-refractivity contribution is -0.148. The van der Waals surface area contributed by atoms with E-state index in [1.54, 1.807) is 11.8 Å². The lowest BCUT2D eigenvalue weighted by Gasteiger charge is -2.12. The van der Waals surface area contributed by atoms with Gasteiger partial charge in [-0.15, -0.1) is 11.8 Å². The molecule has 0 unspecified atom stereocenters. The van der Waals surface area contributed by atoms with Gasteiger partial charge in [0.25, 0.3) is 0 Å². The summed E-state index contributed by atoms with van der Waals surface area (Å²) in [5.41, 5.74) is 5.08. The summed E-state index contributed by atoms with van der Waals surface area (Å²) < 4.78 is 16.9. The highest BCUT2D eigenvalue weighted by Gasteiger charge is 2.09. The number of benzene rings is 3. The quantitative estimate of drug-likeness (QED) is 0.165. The van der Waals surface area contributed by atoms with Crippen molar-refractivity contribution in [3.05, 3.63) is 89.5 Å². The van der Waals surface area contributed by atoms with Crippen LogP contribution in [-0.2, 0) is 38.9 Å². The van der Waals surface area contributed by atoms with E-state index < -0.39 is 11.9 Å². The molecule has 7 heteroatoms. The van der Waals surface area contributed by atoms with Gasteiger partial charge in [-0.05, 0) is 51.8 Å². The van der Waals surface area contributed by atoms with E-state index >= 15 is 0 Å². The summed E-state index contributed by atoms with van der Waals surface area (Å²) in [6, 6.07) is 23.8. The molecule has 0 fully saturated rings. The smallest absolute Gasteiger partial charge is 0.306 e. The van der Waals surface area contributed by atoms with E-state index in [0.717, 1.165) is 39.3 Å². The Morgan fingerprint density at radius 3 is 2.29 bits per heavy atom. The van der Waals surface area contributed by atoms with Crippen LogP contribution in [0.2, 0.25) is 0 Å². The maximum Gasteiger partial charge on any atom is 0.306 e. The second-order valence-electron chi connectivity index (χ2n) is 7.80. The molecule has 6 nitrogen and oxygen atoms in total. The van der Waals surface area contributed by atoms with Crippen molar-refractivity contribution < 1.29 is 28.9 Å². The third-order valence-corrected chi connectivity index (χ3v) is 5.94. The second-order valence-corrected chi connectivity index (χ2v) is 9.02. The number of carboxylic acid groups (broad SMARTS) is 1. The first kappa shape index (κ1) is 26.3. The van der Waals surface area contributed by atoms with Gasteiger partial charge in [-0.2, -0.15) is 0 Å². The largest absolute Gasteiger partial charge is 0.489 e. The van der Waals surface area contributed by atoms with Crippen LogP contribution in [0.3, 0.4) is 0 Å². The monoisotopic (exact) mass is 494 g/mol. The maximum atomic E-state index is 11.7. The van der Waals surface area contributed by atoms with Gasteiger partial charge in [0, 0.05) is 0 Å². The number of rotatable bonds is 14. The van der Waals surface area contributed by atoms with Gasteiger partial charge in [0.1, 0.15) is 19.0 Å². The lowest BCUT2D eigenvalue weighted by Crippen LogP contribution is -2.09. The maximum absolute atomic E-state index is 11.7. The Morgan fingerprint density at radius 1 is 0.829 bits per heavy atom. The van der Waals surface area contributed by atoms with E-state index in [-0.39, 0.29) is 19.4 Å². The fraction of sp³-hybridized carbons (Fsp3) is 0.286. The summed E-state index contributed by atoms with van der Waals surface area (Å²) >= 11 is 1.76. The summed E-state index contributed by atoms with van der Waals surface area (Å²) in [7, 11) is 0. The van der Waals surface area contributed by atoms with Crippen molar-refractivity contribution in [2.75, 3.05) is 11.7 Å². The van der Waals surface area contributed by atoms with E-state index in [0.29, 0.717) is 19.2 Å². The molecule has 0 aliphatic rings. The van der Waals surface area contributed by atoms with Crippen LogP contribution >= 0.6 is 11.8 Å². The number of hydrogen-bond acceptors (Lipinski definition) is 6. The molecule has 0 aromatic heterocycles. The molecule has 3 rings (SSSR count). The normalized spacial score (nSPS) is 10.7. The average Bonchev–Trinajstić information content (AvgIpc) is 2.88. The minimum Gasteiger partial charge on any atom is -0.489 e. The molecular formula is C28H30O6S. The van der Waals surface area contributed by atoms with E-state index in [2.05, 4.69) is 25.1 Å². The minimum absolute atomic E-state index is 0.0775. The first-order valence-electron chi connectivity index (χ1n) is 11.5. The van der Waals surface area contributed by atoms with Crippen molar-refractivity contribution in [1.82, 2.24) is 0 Å². The van der Waals surface area contributed by atoms with Crippen LogP contribution < -0.4 is 4.74 Å². The molecule has 3 aromatic carbocycles. The van der Waals surface area contributed by atoms with Gasteiger partial charge in [-0.1, -0.05) is 61.5 Å². The van der Waals surface area contributed by atoms with E-state index in [1.165, 1.54) is 0 Å². The average molecular weight is 495 g/mol. The number of hydrogen-bond donors (Lipinski definition) is 1. The minimum atomic E-state index is -1.02. The number of carboxylic acids is 1. The molecule has 0 saturated carbocycles. The Hall–Kier alpha value is -3.29. The second kappa shape index (κ2) is 14.2. The number of aliphatic carboxylic acids is 1. The van der Waals surface area contributed by atoms with Gasteiger partial charge in [0.15, 0.2) is 0 Å². The van der Waals surface area contributed by atoms with Gasteiger partial charge in [0.2, 0.25) is 0 Å². The standard InChI is InChI=1S/C28H30O6S/c1-2-35-20-32-17-21-6-5-9-23(16-21)22-10-12-26(13-11-22)33-18-24-7-3-4-8-25(24)19-34-28(31)15-14-27(29)30/h3-13,16H,2,14-15,17-20H2,1H3,(H,29,30). The van der Waals surface area contributed by atoms with E-state index in [9.17, 15) is 9.59 Å². The van der Waals surface area contributed by atoms with E-state index in [4.69, 9.17) is 19.3 Å². The number of carbonyl (C=O) groups is 2. The molecule has 1 N–H and O–H groups in total. The molecular weight excluding hydrogens is 464 g/mol. The Kier molecular flexibility index (Phi) is 10.7. The first-order valence-corrected chi connectivity index (χ1v) is 12.6. The summed E-state index contributed by atoms with van der Waals surface area (Å²) in [6.45, 7) is 3.11. The molecule has 0 atom stereocenters. The van der Waals surface area contributed by atoms with Crippen LogP contribution in [0.25, 0.3) is 11.1 Å². The van der Waals surface area contributed by atoms with Crippen LogP contribution in [0.1, 0.15) is 36.5 Å². The summed E-state index contributed by atoms with van der Waals surface area (Å²) in [6.07, 6.45) is -0.385. The SMILES string of the molecule is CCSCOCc1cccc(-c2ccc(OCc3ccccc3COC(=O)CCC(=O)O)cc2)c1. The fourth-order valence-electron chi connectivity index (χ4n) is 3.33. The Bertz CT molecular complexity index is 1100. The van der Waals surface area contributed by atoms with E-state index in [1.807, 2.05) is 54.6 Å². The fourth-order valence-corrected chi connectivity index (χ4v) is 3.69. The molecule has 0 aliphatic carbocycles. The van der Waals surface area contributed by atoms with Crippen LogP contribution in [-0.4, -0.2) is 28.7 Å². The van der Waals surface area contributed by atoms with Gasteiger partial charge < -0.3 is 19.3 Å². The lowest BCUT2D eigenvalue weighted by atomic mass is 10.0. The number of carbonyl (C=O) groups excluding carboxylic acids is 1. The zero-order chi connectivity index (χ0) is 24.9. The van der Waals surface area contributed by atoms with Gasteiger partial charge >= 0.3 is 11.9 Å². The molecule has 3 aromatic rings. The molecule has 0 aliphatic heterocycles. The summed E-state index contributed by atoms with van der Waals surface area (Å²) in [5.74, 6) is 0.919. The van der Waals surface area contributed by atoms with Crippen LogP contribution in [0, 0.1) is 0 Å². The number of thioether (sulfide) groups is 1. The van der Waals surface area contributed by atoms with Crippen molar-refractivity contribution in [2.24, 2.45) is 0 Å². The Morgan fingerprint density at radius 2 is 1.57 bits per heavy atom. The van der Waals surface area contributed by atoms with Gasteiger partial charge in [-0.3, -0.25) is 9.59 Å². The van der Waals surface area contributed by atoms with Crippen molar-refractivity contribution in [1.29, 1.82) is 0 Å². The molecule has 0 radical (unpaired) electrons. The molecule has 0 saturated heterocycles. The summed E-state index contributed by atoms with van der Waals surface area (Å²) in [5, 5.41) is 8.68. The van der Waals surface area contributed by atoms with Crippen LogP contribution in [0.4, 0.5) is 0 Å². The molecule has 0 amide bonds. The van der Waals surface area contributed by atoms with Crippen molar-refractivity contribution in [3.63, 3.8) is 0 Å². The first-order chi connectivity index (χ1) is 17.0. The predicted molar refractivity (Wildman–Crippen MR) is 137 cm³/mol. The van der Waals surface area contributed by atoms with Crippen molar-refractivity contribution in [3.8, 4) is 16.9 Å². The van der Waals surface area contributed by atoms with Crippen LogP contribution in [0.5, 0.6) is 5.75 Å². The highest BCUT2D eigenvalue weighted by Crippen LogP contribution is 2.24. The number of ether oxygens (including phenoxy) is 3. The van der Waals surface area contributed by atoms with Crippen LogP contribution in [0.15, 0.2) is 72.8 Å². The van der Waals surface area contributed by atoms with Crippen molar-refractivity contribution in [2.45, 2.75) is 39.6 Å². The highest BCUT2D eigenvalue weighted by molar-refractivity contribution is 7.99. The Labute approximate surface area is 210 Å². The predicted octanol–water partition coefficient (Wildman–Crippen LogP) is 6.07. The number of esters is 1. The third-order valence-electron chi connectivity index (χ3n) is 5.20. The molecule has 0 spiro atoms. The topological polar surface area (TPSA) is 82.1 Å². The molecule has 35 heavy (non-hydrogen) atoms. The summed E-state index contributed by atoms with van der Waals surface area (Å²) in [4.78, 5) is 22.3. The highest BCUT2D eigenvalue weighted by atomic mass is 32.2. The van der Waals surface area contributed by atoms with Gasteiger partial charge in [-0.25, -0.2) is 0 Å². The Balaban J connectivity index is 1.55. The van der Waals surface area contributed by atoms with Crippen molar-refractivity contribution >= 4 is 23.7 Å². The zero-order valence-electron chi connectivity index (χ0n) is 19.8. The zero-order valence-corrected chi connectivity index (χ0v) is 20.6. The molecule has 0 heterocycles.